The minimum absolute atomic E-state index is 0.122. The SMILES string of the molecule is CCC1CC2C(=O)N(c3cccc(C)c3C#N)C(=O)C2C1. The number of nitrogens with zero attached hydrogens (tertiary/aromatic N) is 2. The summed E-state index contributed by atoms with van der Waals surface area (Å²) in [5, 5.41) is 9.32. The topological polar surface area (TPSA) is 61.2 Å². The molecular formula is C17H18N2O2. The van der Waals surface area contributed by atoms with Gasteiger partial charge in [-0.15, -0.1) is 0 Å². The third kappa shape index (κ3) is 1.96. The highest BCUT2D eigenvalue weighted by Crippen LogP contribution is 2.46. The molecule has 0 bridgehead atoms. The van der Waals surface area contributed by atoms with Gasteiger partial charge in [-0.1, -0.05) is 25.5 Å². The van der Waals surface area contributed by atoms with Crippen LogP contribution in [0, 0.1) is 36.0 Å². The van der Waals surface area contributed by atoms with Crippen molar-refractivity contribution in [3.05, 3.63) is 29.3 Å². The van der Waals surface area contributed by atoms with Crippen molar-refractivity contribution in [3.63, 3.8) is 0 Å². The molecule has 1 heterocycles. The molecule has 1 saturated heterocycles. The molecule has 108 valence electrons. The third-order valence-electron chi connectivity index (χ3n) is 4.92. The second-order valence-corrected chi connectivity index (χ2v) is 6.05. The summed E-state index contributed by atoms with van der Waals surface area (Å²) >= 11 is 0. The summed E-state index contributed by atoms with van der Waals surface area (Å²) in [6, 6.07) is 7.42. The van der Waals surface area contributed by atoms with Gasteiger partial charge in [0.25, 0.3) is 0 Å². The molecule has 1 aromatic carbocycles. The Morgan fingerprint density at radius 1 is 1.24 bits per heavy atom. The summed E-state index contributed by atoms with van der Waals surface area (Å²) in [5.74, 6) is -0.141. The number of hydrogen-bond donors (Lipinski definition) is 0. The molecule has 4 nitrogen and oxygen atoms in total. The third-order valence-corrected chi connectivity index (χ3v) is 4.92. The number of amides is 2. The lowest BCUT2D eigenvalue weighted by Crippen LogP contribution is -2.33. The number of benzene rings is 1. The van der Waals surface area contributed by atoms with E-state index in [0.717, 1.165) is 24.8 Å². The largest absolute Gasteiger partial charge is 0.274 e. The van der Waals surface area contributed by atoms with E-state index in [0.29, 0.717) is 17.2 Å². The number of aryl methyl sites for hydroxylation is 1. The fourth-order valence-corrected chi connectivity index (χ4v) is 3.68. The van der Waals surface area contributed by atoms with E-state index in [9.17, 15) is 14.9 Å². The monoisotopic (exact) mass is 282 g/mol. The van der Waals surface area contributed by atoms with Gasteiger partial charge in [0.05, 0.1) is 23.1 Å². The van der Waals surface area contributed by atoms with Gasteiger partial charge in [0.1, 0.15) is 6.07 Å². The Bertz CT molecular complexity index is 635. The van der Waals surface area contributed by atoms with Crippen LogP contribution in [0.3, 0.4) is 0 Å². The first kappa shape index (κ1) is 13.8. The molecule has 2 aliphatic rings. The van der Waals surface area contributed by atoms with Crippen LogP contribution in [0.1, 0.15) is 37.3 Å². The second kappa shape index (κ2) is 5.00. The lowest BCUT2D eigenvalue weighted by atomic mass is 10.00. The van der Waals surface area contributed by atoms with Gasteiger partial charge in [0, 0.05) is 0 Å². The predicted octanol–water partition coefficient (Wildman–Crippen LogP) is 2.79. The van der Waals surface area contributed by atoms with Gasteiger partial charge in [-0.25, -0.2) is 4.90 Å². The number of carbonyl (C=O) groups is 2. The van der Waals surface area contributed by atoms with E-state index >= 15 is 0 Å². The van der Waals surface area contributed by atoms with E-state index in [1.807, 2.05) is 13.0 Å². The summed E-state index contributed by atoms with van der Waals surface area (Å²) in [7, 11) is 0. The highest BCUT2D eigenvalue weighted by Gasteiger charge is 2.53. The van der Waals surface area contributed by atoms with Crippen LogP contribution in [0.25, 0.3) is 0 Å². The van der Waals surface area contributed by atoms with E-state index in [1.165, 1.54) is 4.90 Å². The van der Waals surface area contributed by atoms with Crippen LogP contribution >= 0.6 is 0 Å². The van der Waals surface area contributed by atoms with Crippen LogP contribution in [0.15, 0.2) is 18.2 Å². The molecule has 0 aromatic heterocycles. The summed E-state index contributed by atoms with van der Waals surface area (Å²) < 4.78 is 0. The minimum atomic E-state index is -0.186. The normalized spacial score (nSPS) is 27.9. The molecule has 3 rings (SSSR count). The summed E-state index contributed by atoms with van der Waals surface area (Å²) in [5.41, 5.74) is 1.67. The van der Waals surface area contributed by atoms with Gasteiger partial charge in [-0.2, -0.15) is 5.26 Å². The maximum atomic E-state index is 12.6. The number of hydrogen-bond acceptors (Lipinski definition) is 3. The van der Waals surface area contributed by atoms with Crippen LogP contribution in [-0.2, 0) is 9.59 Å². The van der Waals surface area contributed by atoms with Crippen molar-refractivity contribution >= 4 is 17.5 Å². The smallest absolute Gasteiger partial charge is 0.237 e. The van der Waals surface area contributed by atoms with Crippen molar-refractivity contribution in [2.24, 2.45) is 17.8 Å². The maximum absolute atomic E-state index is 12.6. The summed E-state index contributed by atoms with van der Waals surface area (Å²) in [4.78, 5) is 26.5. The highest BCUT2D eigenvalue weighted by atomic mass is 16.2. The zero-order chi connectivity index (χ0) is 15.1. The number of carbonyl (C=O) groups excluding carboxylic acids is 2. The molecule has 0 N–H and O–H groups in total. The van der Waals surface area contributed by atoms with Crippen LogP contribution in [0.5, 0.6) is 0 Å². The fraction of sp³-hybridized carbons (Fsp3) is 0.471. The molecule has 0 radical (unpaired) electrons. The number of anilines is 1. The average molecular weight is 282 g/mol. The molecule has 1 aliphatic heterocycles. The zero-order valence-electron chi connectivity index (χ0n) is 12.3. The van der Waals surface area contributed by atoms with Gasteiger partial charge in [0.15, 0.2) is 0 Å². The van der Waals surface area contributed by atoms with E-state index in [2.05, 4.69) is 13.0 Å². The van der Waals surface area contributed by atoms with Gasteiger partial charge in [-0.05, 0) is 37.3 Å². The van der Waals surface area contributed by atoms with Gasteiger partial charge < -0.3 is 0 Å². The van der Waals surface area contributed by atoms with Gasteiger partial charge in [0.2, 0.25) is 11.8 Å². The Hall–Kier alpha value is -2.15. The quantitative estimate of drug-likeness (QED) is 0.784. The summed E-state index contributed by atoms with van der Waals surface area (Å²) in [6.45, 7) is 3.92. The molecule has 2 amide bonds. The number of nitriles is 1. The minimum Gasteiger partial charge on any atom is -0.274 e. The number of rotatable bonds is 2. The molecule has 1 aliphatic carbocycles. The Labute approximate surface area is 124 Å². The number of fused-ring (bicyclic) bond motifs is 1. The van der Waals surface area contributed by atoms with Crippen LogP contribution in [0.4, 0.5) is 5.69 Å². The lowest BCUT2D eigenvalue weighted by Gasteiger charge is -2.19. The van der Waals surface area contributed by atoms with Crippen molar-refractivity contribution in [3.8, 4) is 6.07 Å². The van der Waals surface area contributed by atoms with E-state index in [4.69, 9.17) is 0 Å². The lowest BCUT2D eigenvalue weighted by molar-refractivity contribution is -0.123. The van der Waals surface area contributed by atoms with Crippen molar-refractivity contribution in [2.45, 2.75) is 33.1 Å². The fourth-order valence-electron chi connectivity index (χ4n) is 3.68. The first-order valence-corrected chi connectivity index (χ1v) is 7.46. The van der Waals surface area contributed by atoms with Crippen molar-refractivity contribution < 1.29 is 9.59 Å². The van der Waals surface area contributed by atoms with Crippen molar-refractivity contribution in [2.75, 3.05) is 4.90 Å². The standard InChI is InChI=1S/C17H18N2O2/c1-3-11-7-12-13(8-11)17(21)19(16(12)20)15-6-4-5-10(2)14(15)9-18/h4-6,11-13H,3,7-8H2,1-2H3. The molecule has 2 unspecified atom stereocenters. The average Bonchev–Trinajstić information content (AvgIpc) is 2.99. The molecule has 2 fully saturated rings. The zero-order valence-corrected chi connectivity index (χ0v) is 12.3. The predicted molar refractivity (Wildman–Crippen MR) is 78.4 cm³/mol. The van der Waals surface area contributed by atoms with Crippen LogP contribution in [-0.4, -0.2) is 11.8 Å². The Kier molecular flexibility index (Phi) is 3.29. The van der Waals surface area contributed by atoms with E-state index in [1.54, 1.807) is 12.1 Å². The molecule has 4 heteroatoms. The Morgan fingerprint density at radius 3 is 2.38 bits per heavy atom. The molecular weight excluding hydrogens is 264 g/mol. The van der Waals surface area contributed by atoms with Crippen LogP contribution in [0.2, 0.25) is 0 Å². The van der Waals surface area contributed by atoms with Crippen molar-refractivity contribution in [1.29, 1.82) is 5.26 Å². The Morgan fingerprint density at radius 2 is 1.86 bits per heavy atom. The van der Waals surface area contributed by atoms with E-state index < -0.39 is 0 Å². The molecule has 1 aromatic rings. The maximum Gasteiger partial charge on any atom is 0.237 e. The first-order chi connectivity index (χ1) is 10.1. The summed E-state index contributed by atoms with van der Waals surface area (Å²) in [6.07, 6.45) is 2.62. The second-order valence-electron chi connectivity index (χ2n) is 6.05. The Balaban J connectivity index is 2.00. The molecule has 1 saturated carbocycles. The molecule has 21 heavy (non-hydrogen) atoms. The highest BCUT2D eigenvalue weighted by molar-refractivity contribution is 6.22. The van der Waals surface area contributed by atoms with Gasteiger partial charge >= 0.3 is 0 Å². The molecule has 0 spiro atoms. The number of imide groups is 1. The molecule has 2 atom stereocenters. The van der Waals surface area contributed by atoms with E-state index in [-0.39, 0.29) is 23.7 Å². The van der Waals surface area contributed by atoms with Crippen LogP contribution < -0.4 is 4.90 Å². The first-order valence-electron chi connectivity index (χ1n) is 7.46. The van der Waals surface area contributed by atoms with Crippen molar-refractivity contribution in [1.82, 2.24) is 0 Å². The van der Waals surface area contributed by atoms with Gasteiger partial charge in [-0.3, -0.25) is 9.59 Å².